The molecule has 1 atom stereocenters. The molecule has 0 bridgehead atoms. The van der Waals surface area contributed by atoms with Gasteiger partial charge in [-0.25, -0.2) is 4.98 Å². The second kappa shape index (κ2) is 8.52. The maximum Gasteiger partial charge on any atom is 0.271 e. The van der Waals surface area contributed by atoms with Gasteiger partial charge in [-0.1, -0.05) is 18.7 Å². The van der Waals surface area contributed by atoms with Crippen molar-refractivity contribution in [2.45, 2.75) is 37.2 Å². The van der Waals surface area contributed by atoms with Gasteiger partial charge in [0.15, 0.2) is 5.16 Å². The molecule has 1 aromatic carbocycles. The summed E-state index contributed by atoms with van der Waals surface area (Å²) in [6, 6.07) is 4.07. The molecule has 1 N–H and O–H groups in total. The molecule has 0 saturated heterocycles. The van der Waals surface area contributed by atoms with Crippen molar-refractivity contribution in [3.63, 3.8) is 0 Å². The van der Waals surface area contributed by atoms with Crippen molar-refractivity contribution in [1.29, 1.82) is 0 Å². The minimum absolute atomic E-state index is 0.116. The Morgan fingerprint density at radius 3 is 2.92 bits per heavy atom. The molecule has 134 valence electrons. The number of non-ortho nitro benzene ring substituents is 1. The minimum Gasteiger partial charge on any atom is -0.495 e. The van der Waals surface area contributed by atoms with Crippen LogP contribution in [-0.2, 0) is 11.3 Å². The summed E-state index contributed by atoms with van der Waals surface area (Å²) in [6.07, 6.45) is 4.54. The molecule has 0 radical (unpaired) electrons. The van der Waals surface area contributed by atoms with Gasteiger partial charge < -0.3 is 14.6 Å². The molecule has 1 amide bonds. The smallest absolute Gasteiger partial charge is 0.271 e. The number of carbonyl (C=O) groups is 1. The van der Waals surface area contributed by atoms with Crippen LogP contribution in [0, 0.1) is 10.1 Å². The van der Waals surface area contributed by atoms with Gasteiger partial charge in [-0.05, 0) is 19.4 Å². The van der Waals surface area contributed by atoms with Gasteiger partial charge in [0.2, 0.25) is 5.91 Å². The Labute approximate surface area is 149 Å². The van der Waals surface area contributed by atoms with E-state index >= 15 is 0 Å². The lowest BCUT2D eigenvalue weighted by Gasteiger charge is -2.14. The zero-order valence-corrected chi connectivity index (χ0v) is 15.1. The van der Waals surface area contributed by atoms with Crippen LogP contribution >= 0.6 is 11.8 Å². The zero-order chi connectivity index (χ0) is 18.4. The molecule has 0 aliphatic carbocycles. The molecule has 2 aromatic rings. The van der Waals surface area contributed by atoms with E-state index in [1.165, 1.54) is 37.1 Å². The van der Waals surface area contributed by atoms with E-state index in [0.717, 1.165) is 18.1 Å². The van der Waals surface area contributed by atoms with E-state index in [9.17, 15) is 14.9 Å². The van der Waals surface area contributed by atoms with Crippen LogP contribution in [0.5, 0.6) is 5.75 Å². The molecule has 1 heterocycles. The summed E-state index contributed by atoms with van der Waals surface area (Å²) >= 11 is 1.33. The first-order valence-electron chi connectivity index (χ1n) is 7.77. The number of aryl methyl sites for hydroxylation is 1. The van der Waals surface area contributed by atoms with Crippen molar-refractivity contribution in [2.75, 3.05) is 12.4 Å². The van der Waals surface area contributed by atoms with Gasteiger partial charge in [0.05, 0.1) is 23.0 Å². The van der Waals surface area contributed by atoms with Crippen molar-refractivity contribution >= 4 is 29.0 Å². The Bertz CT molecular complexity index is 762. The summed E-state index contributed by atoms with van der Waals surface area (Å²) in [5, 5.41) is 13.9. The molecule has 1 unspecified atom stereocenters. The first-order valence-corrected chi connectivity index (χ1v) is 8.65. The van der Waals surface area contributed by atoms with E-state index in [1.54, 1.807) is 13.1 Å². The third-order valence-corrected chi connectivity index (χ3v) is 4.56. The third kappa shape index (κ3) is 4.72. The van der Waals surface area contributed by atoms with Gasteiger partial charge in [0, 0.05) is 31.1 Å². The number of amides is 1. The maximum absolute atomic E-state index is 12.5. The van der Waals surface area contributed by atoms with Crippen LogP contribution in [-0.4, -0.2) is 32.7 Å². The highest BCUT2D eigenvalue weighted by atomic mass is 32.2. The van der Waals surface area contributed by atoms with Crippen molar-refractivity contribution in [3.05, 3.63) is 40.7 Å². The lowest BCUT2D eigenvalue weighted by molar-refractivity contribution is -0.384. The molecule has 0 aliphatic rings. The van der Waals surface area contributed by atoms with Crippen molar-refractivity contribution < 1.29 is 14.5 Å². The number of methoxy groups -OCH3 is 1. The van der Waals surface area contributed by atoms with Gasteiger partial charge in [-0.2, -0.15) is 0 Å². The number of nitro groups is 1. The summed E-state index contributed by atoms with van der Waals surface area (Å²) in [5.41, 5.74) is 0.154. The monoisotopic (exact) mass is 364 g/mol. The van der Waals surface area contributed by atoms with Gasteiger partial charge in [-0.3, -0.25) is 14.9 Å². The molecule has 1 aromatic heterocycles. The Kier molecular flexibility index (Phi) is 6.40. The lowest BCUT2D eigenvalue weighted by Crippen LogP contribution is -2.23. The fourth-order valence-electron chi connectivity index (χ4n) is 2.18. The topological polar surface area (TPSA) is 99.3 Å². The molecule has 25 heavy (non-hydrogen) atoms. The Hall–Kier alpha value is -2.55. The summed E-state index contributed by atoms with van der Waals surface area (Å²) in [6.45, 7) is 4.66. The van der Waals surface area contributed by atoms with Gasteiger partial charge >= 0.3 is 0 Å². The van der Waals surface area contributed by atoms with Crippen LogP contribution in [0.3, 0.4) is 0 Å². The number of hydrogen-bond donors (Lipinski definition) is 1. The van der Waals surface area contributed by atoms with E-state index in [1.807, 2.05) is 10.8 Å². The first-order chi connectivity index (χ1) is 12.0. The highest BCUT2D eigenvalue weighted by Gasteiger charge is 2.20. The number of hydrogen-bond acceptors (Lipinski definition) is 6. The van der Waals surface area contributed by atoms with E-state index in [2.05, 4.69) is 17.2 Å². The summed E-state index contributed by atoms with van der Waals surface area (Å²) in [5.74, 6) is 0.0819. The zero-order valence-electron chi connectivity index (χ0n) is 14.3. The van der Waals surface area contributed by atoms with E-state index < -0.39 is 10.2 Å². The highest BCUT2D eigenvalue weighted by Crippen LogP contribution is 2.30. The number of thioether (sulfide) groups is 1. The average molecular weight is 364 g/mol. The number of ether oxygens (including phenoxy) is 1. The fourth-order valence-corrected chi connectivity index (χ4v) is 3.07. The standard InChI is InChI=1S/C16H20N4O4S/c1-4-8-19-9-7-17-16(19)25-11(2)15(21)18-13-10-12(20(22)23)5-6-14(13)24-3/h5-7,9-11H,4,8H2,1-3H3,(H,18,21). The molecular formula is C16H20N4O4S. The van der Waals surface area contributed by atoms with Crippen molar-refractivity contribution in [1.82, 2.24) is 9.55 Å². The molecular weight excluding hydrogens is 344 g/mol. The first kappa shape index (κ1) is 18.8. The predicted molar refractivity (Wildman–Crippen MR) is 96.1 cm³/mol. The van der Waals surface area contributed by atoms with E-state index in [0.29, 0.717) is 5.75 Å². The second-order valence-corrected chi connectivity index (χ2v) is 6.60. The number of carbonyl (C=O) groups excluding carboxylic acids is 1. The molecule has 2 rings (SSSR count). The van der Waals surface area contributed by atoms with E-state index in [-0.39, 0.29) is 17.3 Å². The van der Waals surface area contributed by atoms with Gasteiger partial charge in [0.25, 0.3) is 5.69 Å². The van der Waals surface area contributed by atoms with Crippen LogP contribution in [0.1, 0.15) is 20.3 Å². The predicted octanol–water partition coefficient (Wildman–Crippen LogP) is 3.33. The normalized spacial score (nSPS) is 11.8. The number of nitrogens with one attached hydrogen (secondary N) is 1. The number of rotatable bonds is 8. The average Bonchev–Trinajstić information content (AvgIpc) is 3.02. The molecule has 0 fully saturated rings. The largest absolute Gasteiger partial charge is 0.495 e. The number of nitro benzene ring substituents is 1. The van der Waals surface area contributed by atoms with Gasteiger partial charge in [0.1, 0.15) is 5.75 Å². The van der Waals surface area contributed by atoms with Crippen LogP contribution in [0.25, 0.3) is 0 Å². The highest BCUT2D eigenvalue weighted by molar-refractivity contribution is 8.00. The quantitative estimate of drug-likeness (QED) is 0.438. The fraction of sp³-hybridized carbons (Fsp3) is 0.375. The number of benzene rings is 1. The Morgan fingerprint density at radius 2 is 2.28 bits per heavy atom. The Balaban J connectivity index is 2.11. The summed E-state index contributed by atoms with van der Waals surface area (Å²) in [7, 11) is 1.44. The van der Waals surface area contributed by atoms with Crippen LogP contribution in [0.4, 0.5) is 11.4 Å². The number of imidazole rings is 1. The summed E-state index contributed by atoms with van der Waals surface area (Å²) < 4.78 is 7.15. The van der Waals surface area contributed by atoms with Gasteiger partial charge in [-0.15, -0.1) is 0 Å². The number of anilines is 1. The molecule has 0 saturated carbocycles. The molecule has 8 nitrogen and oxygen atoms in total. The second-order valence-electron chi connectivity index (χ2n) is 5.29. The van der Waals surface area contributed by atoms with Crippen LogP contribution in [0.15, 0.2) is 35.7 Å². The molecule has 9 heteroatoms. The molecule has 0 spiro atoms. The van der Waals surface area contributed by atoms with Crippen LogP contribution in [0.2, 0.25) is 0 Å². The van der Waals surface area contributed by atoms with Crippen molar-refractivity contribution in [2.24, 2.45) is 0 Å². The SMILES string of the molecule is CCCn1ccnc1SC(C)C(=O)Nc1cc([N+](=O)[O-])ccc1OC. The van der Waals surface area contributed by atoms with Crippen molar-refractivity contribution in [3.8, 4) is 5.75 Å². The summed E-state index contributed by atoms with van der Waals surface area (Å²) in [4.78, 5) is 27.1. The number of nitrogens with zero attached hydrogens (tertiary/aromatic N) is 3. The third-order valence-electron chi connectivity index (χ3n) is 3.44. The maximum atomic E-state index is 12.5. The van der Waals surface area contributed by atoms with E-state index in [4.69, 9.17) is 4.74 Å². The Morgan fingerprint density at radius 1 is 1.52 bits per heavy atom. The van der Waals surface area contributed by atoms with Crippen LogP contribution < -0.4 is 10.1 Å². The number of aromatic nitrogens is 2. The lowest BCUT2D eigenvalue weighted by atomic mass is 10.2. The minimum atomic E-state index is -0.519. The molecule has 0 aliphatic heterocycles.